The van der Waals surface area contributed by atoms with Gasteiger partial charge in [-0.1, -0.05) is 42.8 Å². The Bertz CT molecular complexity index is 641. The lowest BCUT2D eigenvalue weighted by Gasteiger charge is -2.22. The van der Waals surface area contributed by atoms with Crippen molar-refractivity contribution in [3.63, 3.8) is 0 Å². The summed E-state index contributed by atoms with van der Waals surface area (Å²) >= 11 is 0. The summed E-state index contributed by atoms with van der Waals surface area (Å²) in [6.45, 7) is 2.19. The standard InChI is InChI=1S/C18H20N2/c1-13(20-18-8-4-7-17(18)12-19)15-10-9-14-5-2-3-6-16(14)11-15/h2-3,5-6,9-11,13,17-18,20H,4,7-8H2,1H3. The first-order valence-electron chi connectivity index (χ1n) is 7.42. The third kappa shape index (κ3) is 2.55. The van der Waals surface area contributed by atoms with Gasteiger partial charge in [-0.05, 0) is 42.2 Å². The molecular weight excluding hydrogens is 244 g/mol. The summed E-state index contributed by atoms with van der Waals surface area (Å²) in [4.78, 5) is 0. The van der Waals surface area contributed by atoms with Crippen LogP contribution in [-0.2, 0) is 0 Å². The van der Waals surface area contributed by atoms with Gasteiger partial charge in [-0.3, -0.25) is 0 Å². The van der Waals surface area contributed by atoms with Crippen molar-refractivity contribution in [3.05, 3.63) is 48.0 Å². The summed E-state index contributed by atoms with van der Waals surface area (Å²) in [7, 11) is 0. The number of nitrogens with zero attached hydrogens (tertiary/aromatic N) is 1. The highest BCUT2D eigenvalue weighted by atomic mass is 15.0. The molecule has 2 nitrogen and oxygen atoms in total. The first kappa shape index (κ1) is 13.1. The molecule has 1 N–H and O–H groups in total. The fourth-order valence-electron chi connectivity index (χ4n) is 3.21. The summed E-state index contributed by atoms with van der Waals surface area (Å²) in [5, 5.41) is 15.4. The van der Waals surface area contributed by atoms with Gasteiger partial charge in [0.25, 0.3) is 0 Å². The predicted octanol–water partition coefficient (Wildman–Crippen LogP) is 4.18. The Morgan fingerprint density at radius 3 is 2.75 bits per heavy atom. The normalized spacial score (nSPS) is 23.6. The van der Waals surface area contributed by atoms with E-state index in [2.05, 4.69) is 60.8 Å². The summed E-state index contributed by atoms with van der Waals surface area (Å²) < 4.78 is 0. The van der Waals surface area contributed by atoms with Crippen molar-refractivity contribution in [2.75, 3.05) is 0 Å². The van der Waals surface area contributed by atoms with Crippen LogP contribution in [0.1, 0.15) is 37.8 Å². The lowest BCUT2D eigenvalue weighted by Crippen LogP contribution is -2.33. The van der Waals surface area contributed by atoms with Crippen LogP contribution in [0.2, 0.25) is 0 Å². The van der Waals surface area contributed by atoms with E-state index >= 15 is 0 Å². The van der Waals surface area contributed by atoms with Crippen LogP contribution in [0.15, 0.2) is 42.5 Å². The molecule has 102 valence electrons. The van der Waals surface area contributed by atoms with Crippen molar-refractivity contribution >= 4 is 10.8 Å². The van der Waals surface area contributed by atoms with Gasteiger partial charge in [-0.15, -0.1) is 0 Å². The molecule has 1 fully saturated rings. The number of hydrogen-bond acceptors (Lipinski definition) is 2. The van der Waals surface area contributed by atoms with E-state index < -0.39 is 0 Å². The number of fused-ring (bicyclic) bond motifs is 1. The highest BCUT2D eigenvalue weighted by molar-refractivity contribution is 5.83. The van der Waals surface area contributed by atoms with Crippen LogP contribution in [0.4, 0.5) is 0 Å². The summed E-state index contributed by atoms with van der Waals surface area (Å²) in [5.74, 6) is 0.179. The molecule has 0 spiro atoms. The second-order valence-electron chi connectivity index (χ2n) is 5.77. The average molecular weight is 264 g/mol. The van der Waals surface area contributed by atoms with Crippen LogP contribution in [0.3, 0.4) is 0 Å². The highest BCUT2D eigenvalue weighted by Gasteiger charge is 2.28. The smallest absolute Gasteiger partial charge is 0.0672 e. The van der Waals surface area contributed by atoms with Gasteiger partial charge in [0.05, 0.1) is 12.0 Å². The van der Waals surface area contributed by atoms with Gasteiger partial charge in [-0.25, -0.2) is 0 Å². The molecule has 0 amide bonds. The zero-order chi connectivity index (χ0) is 13.9. The minimum absolute atomic E-state index is 0.179. The molecule has 20 heavy (non-hydrogen) atoms. The molecule has 3 unspecified atom stereocenters. The lowest BCUT2D eigenvalue weighted by molar-refractivity contribution is 0.418. The van der Waals surface area contributed by atoms with Gasteiger partial charge >= 0.3 is 0 Å². The fraction of sp³-hybridized carbons (Fsp3) is 0.389. The fourth-order valence-corrected chi connectivity index (χ4v) is 3.21. The van der Waals surface area contributed by atoms with E-state index in [4.69, 9.17) is 0 Å². The van der Waals surface area contributed by atoms with Crippen LogP contribution < -0.4 is 5.32 Å². The molecule has 1 aliphatic rings. The molecular formula is C18H20N2. The second kappa shape index (κ2) is 5.64. The maximum atomic E-state index is 9.17. The molecule has 3 atom stereocenters. The van der Waals surface area contributed by atoms with Gasteiger partial charge in [-0.2, -0.15) is 5.26 Å². The molecule has 0 radical (unpaired) electrons. The number of hydrogen-bond donors (Lipinski definition) is 1. The Kier molecular flexibility index (Phi) is 3.71. The Morgan fingerprint density at radius 1 is 1.15 bits per heavy atom. The third-order valence-corrected chi connectivity index (χ3v) is 4.42. The summed E-state index contributed by atoms with van der Waals surface area (Å²) in [6.07, 6.45) is 3.33. The van der Waals surface area contributed by atoms with Crippen LogP contribution in [0.5, 0.6) is 0 Å². The lowest BCUT2D eigenvalue weighted by atomic mass is 10.00. The van der Waals surface area contributed by atoms with Gasteiger partial charge in [0.1, 0.15) is 0 Å². The first-order chi connectivity index (χ1) is 9.78. The van der Waals surface area contributed by atoms with Crippen molar-refractivity contribution in [1.29, 1.82) is 5.26 Å². The monoisotopic (exact) mass is 264 g/mol. The van der Waals surface area contributed by atoms with E-state index in [1.54, 1.807) is 0 Å². The van der Waals surface area contributed by atoms with Crippen molar-refractivity contribution < 1.29 is 0 Å². The Balaban J connectivity index is 1.78. The number of benzene rings is 2. The van der Waals surface area contributed by atoms with E-state index in [0.717, 1.165) is 12.8 Å². The molecule has 3 rings (SSSR count). The number of rotatable bonds is 3. The molecule has 1 saturated carbocycles. The zero-order valence-electron chi connectivity index (χ0n) is 11.8. The molecule has 0 aromatic heterocycles. The minimum atomic E-state index is 0.179. The molecule has 0 saturated heterocycles. The third-order valence-electron chi connectivity index (χ3n) is 4.42. The SMILES string of the molecule is CC(NC1CCCC1C#N)c1ccc2ccccc2c1. The van der Waals surface area contributed by atoms with Crippen molar-refractivity contribution in [2.24, 2.45) is 5.92 Å². The highest BCUT2D eigenvalue weighted by Crippen LogP contribution is 2.28. The van der Waals surface area contributed by atoms with Crippen LogP contribution >= 0.6 is 0 Å². The van der Waals surface area contributed by atoms with Gasteiger partial charge < -0.3 is 5.32 Å². The Hall–Kier alpha value is -1.85. The molecule has 1 aliphatic carbocycles. The van der Waals surface area contributed by atoms with Gasteiger partial charge in [0, 0.05) is 12.1 Å². The van der Waals surface area contributed by atoms with E-state index in [-0.39, 0.29) is 5.92 Å². The van der Waals surface area contributed by atoms with Crippen LogP contribution in [-0.4, -0.2) is 6.04 Å². The van der Waals surface area contributed by atoms with E-state index in [0.29, 0.717) is 12.1 Å². The number of nitrogens with one attached hydrogen (secondary N) is 1. The predicted molar refractivity (Wildman–Crippen MR) is 82.2 cm³/mol. The van der Waals surface area contributed by atoms with Crippen molar-refractivity contribution in [2.45, 2.75) is 38.3 Å². The van der Waals surface area contributed by atoms with Crippen LogP contribution in [0, 0.1) is 17.2 Å². The largest absolute Gasteiger partial charge is 0.306 e. The van der Waals surface area contributed by atoms with Crippen molar-refractivity contribution in [3.8, 4) is 6.07 Å². The topological polar surface area (TPSA) is 35.8 Å². The summed E-state index contributed by atoms with van der Waals surface area (Å²) in [5.41, 5.74) is 1.30. The zero-order valence-corrected chi connectivity index (χ0v) is 11.8. The van der Waals surface area contributed by atoms with Crippen molar-refractivity contribution in [1.82, 2.24) is 5.32 Å². The molecule has 0 heterocycles. The van der Waals surface area contributed by atoms with E-state index in [9.17, 15) is 5.26 Å². The Labute approximate surface area is 120 Å². The van der Waals surface area contributed by atoms with E-state index in [1.165, 1.54) is 22.8 Å². The molecule has 2 aromatic carbocycles. The van der Waals surface area contributed by atoms with Gasteiger partial charge in [0.2, 0.25) is 0 Å². The Morgan fingerprint density at radius 2 is 1.95 bits per heavy atom. The first-order valence-corrected chi connectivity index (χ1v) is 7.42. The molecule has 0 bridgehead atoms. The molecule has 2 aromatic rings. The van der Waals surface area contributed by atoms with E-state index in [1.807, 2.05) is 0 Å². The maximum Gasteiger partial charge on any atom is 0.0672 e. The maximum absolute atomic E-state index is 9.17. The molecule has 2 heteroatoms. The van der Waals surface area contributed by atoms with Crippen LogP contribution in [0.25, 0.3) is 10.8 Å². The molecule has 0 aliphatic heterocycles. The average Bonchev–Trinajstić information content (AvgIpc) is 2.94. The van der Waals surface area contributed by atoms with Gasteiger partial charge in [0.15, 0.2) is 0 Å². The quantitative estimate of drug-likeness (QED) is 0.902. The number of nitriles is 1. The minimum Gasteiger partial charge on any atom is -0.306 e. The second-order valence-corrected chi connectivity index (χ2v) is 5.77. The summed E-state index contributed by atoms with van der Waals surface area (Å²) in [6, 6.07) is 18.1.